The zero-order valence-corrected chi connectivity index (χ0v) is 16.4. The van der Waals surface area contributed by atoms with Crippen molar-refractivity contribution in [2.45, 2.75) is 25.4 Å². The van der Waals surface area contributed by atoms with Crippen LogP contribution in [0, 0.1) is 0 Å². The summed E-state index contributed by atoms with van der Waals surface area (Å²) in [6, 6.07) is 17.8. The van der Waals surface area contributed by atoms with Crippen LogP contribution in [0.3, 0.4) is 0 Å². The molecule has 0 aliphatic carbocycles. The molecule has 1 aliphatic rings. The van der Waals surface area contributed by atoms with Gasteiger partial charge in [-0.3, -0.25) is 9.69 Å². The van der Waals surface area contributed by atoms with Crippen molar-refractivity contribution in [2.24, 2.45) is 0 Å². The number of carbonyl (C=O) groups excluding carboxylic acids is 1. The molecule has 1 aliphatic heterocycles. The topological polar surface area (TPSA) is 85.2 Å². The van der Waals surface area contributed by atoms with E-state index in [4.69, 9.17) is 4.74 Å². The highest BCUT2D eigenvalue weighted by Gasteiger charge is 2.23. The predicted molar refractivity (Wildman–Crippen MR) is 108 cm³/mol. The number of nitrogens with one attached hydrogen (secondary N) is 1. The highest BCUT2D eigenvalue weighted by Crippen LogP contribution is 2.15. The van der Waals surface area contributed by atoms with Crippen molar-refractivity contribution in [3.05, 3.63) is 66.0 Å². The van der Waals surface area contributed by atoms with Crippen LogP contribution < -0.4 is 10.1 Å². The molecular weight excluding hydrogens is 368 g/mol. The van der Waals surface area contributed by atoms with Gasteiger partial charge in [0.05, 0.1) is 12.8 Å². The van der Waals surface area contributed by atoms with E-state index in [1.165, 1.54) is 10.4 Å². The van der Waals surface area contributed by atoms with Crippen LogP contribution in [-0.4, -0.2) is 57.3 Å². The van der Waals surface area contributed by atoms with Gasteiger partial charge in [-0.15, -0.1) is 15.0 Å². The number of rotatable bonds is 6. The third-order valence-electron chi connectivity index (χ3n) is 5.09. The van der Waals surface area contributed by atoms with E-state index in [0.29, 0.717) is 5.69 Å². The Balaban J connectivity index is 1.29. The van der Waals surface area contributed by atoms with E-state index in [-0.39, 0.29) is 17.8 Å². The Morgan fingerprint density at radius 1 is 1.10 bits per heavy atom. The molecule has 0 saturated carbocycles. The minimum Gasteiger partial charge on any atom is -0.497 e. The Kier molecular flexibility index (Phi) is 5.81. The number of tetrazole rings is 1. The van der Waals surface area contributed by atoms with E-state index in [1.807, 2.05) is 30.3 Å². The molecule has 1 aromatic heterocycles. The standard InChI is InChI=1S/C21H24N6O2/c1-29-19-9-7-18(8-10-19)27-24-20(23-25-27)21(28)22-17-11-13-26(14-12-17)15-16-5-3-2-4-6-16/h2-10,17H,11-15H2,1H3,(H,22,28). The van der Waals surface area contributed by atoms with E-state index in [0.717, 1.165) is 38.2 Å². The van der Waals surface area contributed by atoms with Crippen molar-refractivity contribution in [1.29, 1.82) is 0 Å². The minimum atomic E-state index is -0.286. The lowest BCUT2D eigenvalue weighted by Crippen LogP contribution is -2.44. The number of benzene rings is 2. The van der Waals surface area contributed by atoms with Gasteiger partial charge in [-0.25, -0.2) is 0 Å². The van der Waals surface area contributed by atoms with Gasteiger partial charge in [0.2, 0.25) is 0 Å². The highest BCUT2D eigenvalue weighted by molar-refractivity contribution is 5.90. The first-order chi connectivity index (χ1) is 14.2. The molecular formula is C21H24N6O2. The molecule has 3 aromatic rings. The van der Waals surface area contributed by atoms with Crippen LogP contribution in [0.4, 0.5) is 0 Å². The van der Waals surface area contributed by atoms with Crippen molar-refractivity contribution < 1.29 is 9.53 Å². The Bertz CT molecular complexity index is 933. The number of nitrogens with zero attached hydrogens (tertiary/aromatic N) is 5. The molecule has 0 spiro atoms. The lowest BCUT2D eigenvalue weighted by Gasteiger charge is -2.32. The second-order valence-corrected chi connectivity index (χ2v) is 7.11. The number of piperidine rings is 1. The fraction of sp³-hybridized carbons (Fsp3) is 0.333. The quantitative estimate of drug-likeness (QED) is 0.691. The van der Waals surface area contributed by atoms with Gasteiger partial charge in [0.25, 0.3) is 11.7 Å². The predicted octanol–water partition coefficient (Wildman–Crippen LogP) is 2.07. The van der Waals surface area contributed by atoms with Crippen LogP contribution in [0.1, 0.15) is 29.0 Å². The third kappa shape index (κ3) is 4.78. The van der Waals surface area contributed by atoms with Crippen LogP contribution in [0.25, 0.3) is 5.69 Å². The van der Waals surface area contributed by atoms with Crippen LogP contribution >= 0.6 is 0 Å². The lowest BCUT2D eigenvalue weighted by molar-refractivity contribution is 0.0898. The summed E-state index contributed by atoms with van der Waals surface area (Å²) in [5, 5.41) is 15.1. The summed E-state index contributed by atoms with van der Waals surface area (Å²) in [4.78, 5) is 16.3. The van der Waals surface area contributed by atoms with Crippen LogP contribution in [0.2, 0.25) is 0 Å². The number of amides is 1. The molecule has 29 heavy (non-hydrogen) atoms. The summed E-state index contributed by atoms with van der Waals surface area (Å²) in [5.41, 5.74) is 2.03. The van der Waals surface area contributed by atoms with E-state index in [2.05, 4.69) is 49.9 Å². The number of likely N-dealkylation sites (tertiary alicyclic amines) is 1. The molecule has 1 saturated heterocycles. The average molecular weight is 392 g/mol. The Morgan fingerprint density at radius 3 is 2.52 bits per heavy atom. The van der Waals surface area contributed by atoms with Gasteiger partial charge in [-0.2, -0.15) is 0 Å². The summed E-state index contributed by atoms with van der Waals surface area (Å²) < 4.78 is 5.14. The van der Waals surface area contributed by atoms with Crippen LogP contribution in [0.15, 0.2) is 54.6 Å². The normalized spacial score (nSPS) is 15.2. The van der Waals surface area contributed by atoms with Crippen molar-refractivity contribution in [3.8, 4) is 11.4 Å². The van der Waals surface area contributed by atoms with E-state index in [1.54, 1.807) is 7.11 Å². The van der Waals surface area contributed by atoms with Gasteiger partial charge >= 0.3 is 0 Å². The van der Waals surface area contributed by atoms with Gasteiger partial charge in [0, 0.05) is 25.7 Å². The lowest BCUT2D eigenvalue weighted by atomic mass is 10.0. The van der Waals surface area contributed by atoms with Gasteiger partial charge in [-0.05, 0) is 47.9 Å². The number of methoxy groups -OCH3 is 1. The van der Waals surface area contributed by atoms with Crippen molar-refractivity contribution >= 4 is 5.91 Å². The maximum Gasteiger partial charge on any atom is 0.293 e. The van der Waals surface area contributed by atoms with Crippen molar-refractivity contribution in [3.63, 3.8) is 0 Å². The van der Waals surface area contributed by atoms with E-state index >= 15 is 0 Å². The Labute approximate surface area is 169 Å². The number of carbonyl (C=O) groups is 1. The van der Waals surface area contributed by atoms with Crippen molar-refractivity contribution in [2.75, 3.05) is 20.2 Å². The molecule has 0 radical (unpaired) electrons. The van der Waals surface area contributed by atoms with Crippen molar-refractivity contribution in [1.82, 2.24) is 30.4 Å². The molecule has 1 fully saturated rings. The molecule has 2 heterocycles. The minimum absolute atomic E-state index is 0.0764. The summed E-state index contributed by atoms with van der Waals surface area (Å²) >= 11 is 0. The summed E-state index contributed by atoms with van der Waals surface area (Å²) in [6.45, 7) is 2.84. The molecule has 0 atom stereocenters. The molecule has 4 rings (SSSR count). The molecule has 0 bridgehead atoms. The molecule has 1 N–H and O–H groups in total. The maximum atomic E-state index is 12.5. The number of hydrogen-bond donors (Lipinski definition) is 1. The van der Waals surface area contributed by atoms with Gasteiger partial charge in [0.1, 0.15) is 5.75 Å². The van der Waals surface area contributed by atoms with Crippen LogP contribution in [0.5, 0.6) is 5.75 Å². The zero-order valence-electron chi connectivity index (χ0n) is 16.4. The van der Waals surface area contributed by atoms with Gasteiger partial charge in [-0.1, -0.05) is 30.3 Å². The SMILES string of the molecule is COc1ccc(-n2nnc(C(=O)NC3CCN(Cc4ccccc4)CC3)n2)cc1. The molecule has 8 nitrogen and oxygen atoms in total. The molecule has 2 aromatic carbocycles. The Hall–Kier alpha value is -3.26. The summed E-state index contributed by atoms with van der Waals surface area (Å²) in [7, 11) is 1.61. The number of hydrogen-bond acceptors (Lipinski definition) is 6. The molecule has 0 unspecified atom stereocenters. The van der Waals surface area contributed by atoms with Gasteiger partial charge < -0.3 is 10.1 Å². The second kappa shape index (κ2) is 8.83. The monoisotopic (exact) mass is 392 g/mol. The largest absolute Gasteiger partial charge is 0.497 e. The molecule has 150 valence electrons. The first-order valence-electron chi connectivity index (χ1n) is 9.73. The average Bonchev–Trinajstić information content (AvgIpc) is 3.26. The fourth-order valence-corrected chi connectivity index (χ4v) is 3.46. The second-order valence-electron chi connectivity index (χ2n) is 7.11. The first kappa shape index (κ1) is 19.1. The Morgan fingerprint density at radius 2 is 1.83 bits per heavy atom. The summed E-state index contributed by atoms with van der Waals surface area (Å²) in [5.74, 6) is 0.532. The van der Waals surface area contributed by atoms with E-state index in [9.17, 15) is 4.79 Å². The third-order valence-corrected chi connectivity index (χ3v) is 5.09. The molecule has 8 heteroatoms. The zero-order chi connectivity index (χ0) is 20.1. The summed E-state index contributed by atoms with van der Waals surface area (Å²) in [6.07, 6.45) is 1.82. The number of aromatic nitrogens is 4. The van der Waals surface area contributed by atoms with Crippen LogP contribution in [-0.2, 0) is 6.54 Å². The van der Waals surface area contributed by atoms with Gasteiger partial charge in [0.15, 0.2) is 0 Å². The first-order valence-corrected chi connectivity index (χ1v) is 9.73. The smallest absolute Gasteiger partial charge is 0.293 e. The number of ether oxygens (including phenoxy) is 1. The van der Waals surface area contributed by atoms with E-state index < -0.39 is 0 Å². The highest BCUT2D eigenvalue weighted by atomic mass is 16.5. The fourth-order valence-electron chi connectivity index (χ4n) is 3.46. The molecule has 1 amide bonds. The maximum absolute atomic E-state index is 12.5.